The van der Waals surface area contributed by atoms with Gasteiger partial charge in [-0.3, -0.25) is 0 Å². The Labute approximate surface area is 206 Å². The fourth-order valence-electron chi connectivity index (χ4n) is 5.86. The van der Waals surface area contributed by atoms with E-state index in [9.17, 15) is 10.2 Å². The number of aromatic hydroxyl groups is 1. The summed E-state index contributed by atoms with van der Waals surface area (Å²) in [6, 6.07) is 31.5. The zero-order chi connectivity index (χ0) is 24.5. The van der Waals surface area contributed by atoms with Crippen LogP contribution in [0.1, 0.15) is 40.7 Å². The van der Waals surface area contributed by atoms with Gasteiger partial charge in [-0.05, 0) is 77.4 Å². The van der Waals surface area contributed by atoms with E-state index in [0.29, 0.717) is 6.42 Å². The van der Waals surface area contributed by atoms with E-state index in [-0.39, 0.29) is 5.75 Å². The van der Waals surface area contributed by atoms with Crippen LogP contribution < -0.4 is 9.47 Å². The molecule has 1 atom stereocenters. The lowest BCUT2D eigenvalue weighted by molar-refractivity contribution is -0.0295. The largest absolute Gasteiger partial charge is 0.508 e. The zero-order valence-corrected chi connectivity index (χ0v) is 20.1. The van der Waals surface area contributed by atoms with E-state index >= 15 is 0 Å². The Morgan fingerprint density at radius 2 is 1.23 bits per heavy atom. The Morgan fingerprint density at radius 1 is 0.686 bits per heavy atom. The Morgan fingerprint density at radius 3 is 1.77 bits per heavy atom. The summed E-state index contributed by atoms with van der Waals surface area (Å²) in [6.45, 7) is 0. The van der Waals surface area contributed by atoms with Crippen LogP contribution in [0, 0.1) is 0 Å². The van der Waals surface area contributed by atoms with Crippen LogP contribution in [0.25, 0.3) is 0 Å². The first-order chi connectivity index (χ1) is 17.0. The van der Waals surface area contributed by atoms with Crippen molar-refractivity contribution in [3.05, 3.63) is 125 Å². The minimum absolute atomic E-state index is 0.229. The van der Waals surface area contributed by atoms with Crippen molar-refractivity contribution in [2.45, 2.75) is 30.3 Å². The van der Waals surface area contributed by atoms with Crippen molar-refractivity contribution in [3.63, 3.8) is 0 Å². The van der Waals surface area contributed by atoms with E-state index in [2.05, 4.69) is 12.1 Å². The molecule has 0 aliphatic heterocycles. The van der Waals surface area contributed by atoms with Crippen LogP contribution in [-0.2, 0) is 17.4 Å². The highest BCUT2D eigenvalue weighted by Gasteiger charge is 2.56. The predicted octanol–water partition coefficient (Wildman–Crippen LogP) is 5.97. The molecule has 0 fully saturated rings. The van der Waals surface area contributed by atoms with E-state index in [1.165, 1.54) is 0 Å². The summed E-state index contributed by atoms with van der Waals surface area (Å²) in [7, 11) is 3.30. The van der Waals surface area contributed by atoms with Gasteiger partial charge in [-0.25, -0.2) is 0 Å². The number of fused-ring (bicyclic) bond motifs is 1. The van der Waals surface area contributed by atoms with Gasteiger partial charge in [0.1, 0.15) is 22.8 Å². The Kier molecular flexibility index (Phi) is 6.00. The summed E-state index contributed by atoms with van der Waals surface area (Å²) in [6.07, 6.45) is 2.01. The van der Waals surface area contributed by atoms with Crippen molar-refractivity contribution >= 4 is 0 Å². The molecular formula is C31H30O4. The number of rotatable bonds is 6. The number of hydrogen-bond acceptors (Lipinski definition) is 4. The third-order valence-corrected chi connectivity index (χ3v) is 7.44. The number of hydrogen-bond donors (Lipinski definition) is 2. The van der Waals surface area contributed by atoms with Crippen molar-refractivity contribution in [2.75, 3.05) is 14.2 Å². The van der Waals surface area contributed by atoms with Crippen LogP contribution in [0.3, 0.4) is 0 Å². The lowest BCUT2D eigenvalue weighted by Crippen LogP contribution is -2.52. The molecule has 4 aromatic rings. The highest BCUT2D eigenvalue weighted by atomic mass is 16.5. The quantitative estimate of drug-likeness (QED) is 0.344. The SMILES string of the molecule is COc1ccc(C(c2ccccc2)(c2ccc(OC)cc2)C2(O)CCCc3c(O)cccc32)cc1. The number of phenols is 1. The molecule has 2 N–H and O–H groups in total. The van der Waals surface area contributed by atoms with Gasteiger partial charge in [-0.1, -0.05) is 66.7 Å². The number of ether oxygens (including phenoxy) is 2. The molecule has 0 saturated carbocycles. The number of aliphatic hydroxyl groups is 1. The van der Waals surface area contributed by atoms with Gasteiger partial charge in [0.25, 0.3) is 0 Å². The summed E-state index contributed by atoms with van der Waals surface area (Å²) >= 11 is 0. The maximum atomic E-state index is 13.0. The maximum Gasteiger partial charge on any atom is 0.119 e. The van der Waals surface area contributed by atoms with Crippen molar-refractivity contribution < 1.29 is 19.7 Å². The monoisotopic (exact) mass is 466 g/mol. The molecule has 1 aliphatic carbocycles. The molecule has 178 valence electrons. The van der Waals surface area contributed by atoms with Crippen molar-refractivity contribution in [2.24, 2.45) is 0 Å². The molecule has 4 nitrogen and oxygen atoms in total. The highest BCUT2D eigenvalue weighted by Crippen LogP contribution is 2.57. The number of methoxy groups -OCH3 is 2. The van der Waals surface area contributed by atoms with Gasteiger partial charge in [0.15, 0.2) is 0 Å². The van der Waals surface area contributed by atoms with E-state index in [1.807, 2.05) is 78.9 Å². The fraction of sp³-hybridized carbons (Fsp3) is 0.226. The summed E-state index contributed by atoms with van der Waals surface area (Å²) in [4.78, 5) is 0. The highest BCUT2D eigenvalue weighted by molar-refractivity contribution is 5.60. The number of phenolic OH excluding ortho intramolecular Hbond substituents is 1. The summed E-state index contributed by atoms with van der Waals surface area (Å²) in [5.74, 6) is 1.73. The molecule has 35 heavy (non-hydrogen) atoms. The molecule has 0 saturated heterocycles. The third kappa shape index (κ3) is 3.57. The average molecular weight is 467 g/mol. The molecule has 4 heteroatoms. The van der Waals surface area contributed by atoms with E-state index in [4.69, 9.17) is 9.47 Å². The van der Waals surface area contributed by atoms with Crippen LogP contribution in [0.4, 0.5) is 0 Å². The van der Waals surface area contributed by atoms with Crippen molar-refractivity contribution in [3.8, 4) is 17.2 Å². The van der Waals surface area contributed by atoms with Gasteiger partial charge in [-0.15, -0.1) is 0 Å². The first-order valence-corrected chi connectivity index (χ1v) is 11.9. The average Bonchev–Trinajstić information content (AvgIpc) is 2.91. The minimum Gasteiger partial charge on any atom is -0.508 e. The molecule has 0 spiro atoms. The molecule has 0 heterocycles. The molecule has 0 bridgehead atoms. The predicted molar refractivity (Wildman–Crippen MR) is 137 cm³/mol. The molecular weight excluding hydrogens is 436 g/mol. The van der Waals surface area contributed by atoms with Crippen LogP contribution in [0.15, 0.2) is 97.1 Å². The summed E-state index contributed by atoms with van der Waals surface area (Å²) in [5.41, 5.74) is 2.12. The Hall–Kier alpha value is -3.76. The molecule has 4 aromatic carbocycles. The first kappa shape index (κ1) is 23.0. The van der Waals surface area contributed by atoms with Gasteiger partial charge in [0.05, 0.1) is 19.6 Å². The molecule has 0 amide bonds. The van der Waals surface area contributed by atoms with Crippen LogP contribution in [0.5, 0.6) is 17.2 Å². The smallest absolute Gasteiger partial charge is 0.119 e. The maximum absolute atomic E-state index is 13.0. The van der Waals surface area contributed by atoms with Gasteiger partial charge >= 0.3 is 0 Å². The van der Waals surface area contributed by atoms with Crippen LogP contribution >= 0.6 is 0 Å². The van der Waals surface area contributed by atoms with Crippen LogP contribution in [-0.4, -0.2) is 24.4 Å². The van der Waals surface area contributed by atoms with Gasteiger partial charge < -0.3 is 19.7 Å². The van der Waals surface area contributed by atoms with Gasteiger partial charge in [0.2, 0.25) is 0 Å². The summed E-state index contributed by atoms with van der Waals surface area (Å²) in [5, 5.41) is 23.8. The Bertz CT molecular complexity index is 1250. The second-order valence-electron chi connectivity index (χ2n) is 9.09. The van der Waals surface area contributed by atoms with E-state index < -0.39 is 11.0 Å². The van der Waals surface area contributed by atoms with Crippen molar-refractivity contribution in [1.82, 2.24) is 0 Å². The first-order valence-electron chi connectivity index (χ1n) is 11.9. The lowest BCUT2D eigenvalue weighted by atomic mass is 9.54. The van der Waals surface area contributed by atoms with Crippen molar-refractivity contribution in [1.29, 1.82) is 0 Å². The topological polar surface area (TPSA) is 58.9 Å². The molecule has 1 unspecified atom stereocenters. The van der Waals surface area contributed by atoms with Crippen LogP contribution in [0.2, 0.25) is 0 Å². The molecule has 1 aliphatic rings. The second-order valence-corrected chi connectivity index (χ2v) is 9.09. The van der Waals surface area contributed by atoms with Gasteiger partial charge in [-0.2, -0.15) is 0 Å². The van der Waals surface area contributed by atoms with Gasteiger partial charge in [0, 0.05) is 0 Å². The minimum atomic E-state index is -1.33. The Balaban J connectivity index is 1.91. The summed E-state index contributed by atoms with van der Waals surface area (Å²) < 4.78 is 10.9. The third-order valence-electron chi connectivity index (χ3n) is 7.44. The normalized spacial score (nSPS) is 17.5. The zero-order valence-electron chi connectivity index (χ0n) is 20.1. The lowest BCUT2D eigenvalue weighted by Gasteiger charge is -2.51. The molecule has 0 radical (unpaired) electrons. The molecule has 5 rings (SSSR count). The van der Waals surface area contributed by atoms with E-state index in [0.717, 1.165) is 52.2 Å². The number of benzene rings is 4. The fourth-order valence-corrected chi connectivity index (χ4v) is 5.86. The second kappa shape index (κ2) is 9.12. The standard InChI is InChI=1S/C31H30O4/c1-34-25-17-13-23(14-18-25)31(22-8-4-3-5-9-22,24-15-19-26(35-2)20-16-24)30(33)21-7-10-27-28(30)11-6-12-29(27)32/h3-6,8-9,11-20,32-33H,7,10,21H2,1-2H3. The molecule has 0 aromatic heterocycles. The van der Waals surface area contributed by atoms with E-state index in [1.54, 1.807) is 20.3 Å².